The monoisotopic (exact) mass is 311 g/mol. The number of nitrogens with one attached hydrogen (secondary N) is 2. The van der Waals surface area contributed by atoms with Crippen LogP contribution in [0.25, 0.3) is 0 Å². The van der Waals surface area contributed by atoms with E-state index < -0.39 is 0 Å². The van der Waals surface area contributed by atoms with Gasteiger partial charge in [-0.25, -0.2) is 0 Å². The molecule has 0 radical (unpaired) electrons. The molecule has 122 valence electrons. The first-order valence-corrected chi connectivity index (χ1v) is 8.02. The van der Waals surface area contributed by atoms with Crippen molar-refractivity contribution in [3.8, 4) is 5.75 Å². The maximum atomic E-state index is 5.98. The lowest BCUT2D eigenvalue weighted by Gasteiger charge is -2.20. The third kappa shape index (κ3) is 6.02. The summed E-state index contributed by atoms with van der Waals surface area (Å²) in [6.45, 7) is 3.58. The van der Waals surface area contributed by atoms with E-state index in [1.165, 1.54) is 5.56 Å². The fourth-order valence-corrected chi connectivity index (χ4v) is 2.17. The fraction of sp³-hybridized carbons (Fsp3) is 0.316. The second kappa shape index (κ2) is 9.51. The third-order valence-electron chi connectivity index (χ3n) is 3.52. The van der Waals surface area contributed by atoms with Crippen LogP contribution in [-0.4, -0.2) is 25.7 Å². The molecule has 1 atom stereocenters. The number of rotatable bonds is 7. The summed E-state index contributed by atoms with van der Waals surface area (Å²) in [5, 5.41) is 6.64. The lowest BCUT2D eigenvalue weighted by molar-refractivity contribution is 0.199. The van der Waals surface area contributed by atoms with Crippen LogP contribution < -0.4 is 15.4 Å². The van der Waals surface area contributed by atoms with Crippen molar-refractivity contribution < 1.29 is 4.74 Å². The summed E-state index contributed by atoms with van der Waals surface area (Å²) >= 11 is 0. The molecule has 4 nitrogen and oxygen atoms in total. The van der Waals surface area contributed by atoms with Crippen LogP contribution in [0.2, 0.25) is 0 Å². The summed E-state index contributed by atoms with van der Waals surface area (Å²) in [6, 6.07) is 20.2. The van der Waals surface area contributed by atoms with Crippen molar-refractivity contribution in [1.29, 1.82) is 0 Å². The summed E-state index contributed by atoms with van der Waals surface area (Å²) in [5.41, 5.74) is 1.23. The Balaban J connectivity index is 1.79. The molecule has 0 saturated heterocycles. The Labute approximate surface area is 138 Å². The lowest BCUT2D eigenvalue weighted by atomic mass is 10.2. The van der Waals surface area contributed by atoms with Crippen LogP contribution in [-0.2, 0) is 6.54 Å². The van der Waals surface area contributed by atoms with Gasteiger partial charge in [-0.1, -0.05) is 55.5 Å². The van der Waals surface area contributed by atoms with E-state index in [-0.39, 0.29) is 6.10 Å². The van der Waals surface area contributed by atoms with E-state index in [2.05, 4.69) is 34.7 Å². The molecular weight excluding hydrogens is 286 g/mol. The quantitative estimate of drug-likeness (QED) is 0.610. The molecule has 0 aliphatic carbocycles. The number of guanidine groups is 1. The molecule has 1 unspecified atom stereocenters. The summed E-state index contributed by atoms with van der Waals surface area (Å²) in [7, 11) is 1.78. The van der Waals surface area contributed by atoms with Gasteiger partial charge in [0.2, 0.25) is 0 Å². The van der Waals surface area contributed by atoms with Gasteiger partial charge in [-0.3, -0.25) is 4.99 Å². The Morgan fingerprint density at radius 3 is 2.26 bits per heavy atom. The van der Waals surface area contributed by atoms with E-state index in [0.29, 0.717) is 6.54 Å². The fourth-order valence-electron chi connectivity index (χ4n) is 2.17. The van der Waals surface area contributed by atoms with Crippen LogP contribution in [0.3, 0.4) is 0 Å². The predicted molar refractivity (Wildman–Crippen MR) is 95.8 cm³/mol. The normalized spacial score (nSPS) is 12.5. The third-order valence-corrected chi connectivity index (χ3v) is 3.52. The lowest BCUT2D eigenvalue weighted by Crippen LogP contribution is -2.42. The number of para-hydroxylation sites is 1. The molecule has 2 aromatic rings. The molecule has 0 aliphatic heterocycles. The Bertz CT molecular complexity index is 584. The van der Waals surface area contributed by atoms with Crippen LogP contribution in [0, 0.1) is 0 Å². The molecular formula is C19H25N3O. The van der Waals surface area contributed by atoms with Crippen molar-refractivity contribution in [1.82, 2.24) is 10.6 Å². The van der Waals surface area contributed by atoms with E-state index in [4.69, 9.17) is 4.74 Å². The number of aliphatic imine (C=N–C) groups is 1. The van der Waals surface area contributed by atoms with E-state index in [0.717, 1.165) is 24.7 Å². The number of ether oxygens (including phenoxy) is 1. The zero-order valence-corrected chi connectivity index (χ0v) is 13.8. The summed E-state index contributed by atoms with van der Waals surface area (Å²) < 4.78 is 5.98. The molecule has 0 aliphatic rings. The SMILES string of the molecule is CCC(CNC(=NC)NCc1ccccc1)Oc1ccccc1. The zero-order valence-electron chi connectivity index (χ0n) is 13.8. The number of nitrogens with zero attached hydrogens (tertiary/aromatic N) is 1. The first-order valence-electron chi connectivity index (χ1n) is 8.02. The Hall–Kier alpha value is -2.49. The van der Waals surface area contributed by atoms with Gasteiger partial charge in [-0.05, 0) is 24.1 Å². The van der Waals surface area contributed by atoms with Crippen molar-refractivity contribution >= 4 is 5.96 Å². The minimum absolute atomic E-state index is 0.104. The number of benzene rings is 2. The summed E-state index contributed by atoms with van der Waals surface area (Å²) in [4.78, 5) is 4.26. The molecule has 0 saturated carbocycles. The highest BCUT2D eigenvalue weighted by Gasteiger charge is 2.09. The van der Waals surface area contributed by atoms with E-state index >= 15 is 0 Å². The first kappa shape index (κ1) is 16.9. The van der Waals surface area contributed by atoms with Crippen molar-refractivity contribution in [3.05, 3.63) is 66.2 Å². The van der Waals surface area contributed by atoms with E-state index in [1.807, 2.05) is 48.5 Å². The molecule has 0 spiro atoms. The van der Waals surface area contributed by atoms with Crippen LogP contribution in [0.1, 0.15) is 18.9 Å². The van der Waals surface area contributed by atoms with Crippen molar-refractivity contribution in [2.45, 2.75) is 26.0 Å². The minimum atomic E-state index is 0.104. The molecule has 0 heterocycles. The average molecular weight is 311 g/mol. The van der Waals surface area contributed by atoms with Gasteiger partial charge in [0.25, 0.3) is 0 Å². The van der Waals surface area contributed by atoms with Crippen molar-refractivity contribution in [3.63, 3.8) is 0 Å². The molecule has 0 amide bonds. The van der Waals surface area contributed by atoms with Gasteiger partial charge >= 0.3 is 0 Å². The van der Waals surface area contributed by atoms with Gasteiger partial charge in [-0.15, -0.1) is 0 Å². The molecule has 2 rings (SSSR count). The van der Waals surface area contributed by atoms with E-state index in [1.54, 1.807) is 7.05 Å². The second-order valence-electron chi connectivity index (χ2n) is 5.25. The molecule has 0 fully saturated rings. The maximum Gasteiger partial charge on any atom is 0.191 e. The predicted octanol–water partition coefficient (Wildman–Crippen LogP) is 3.21. The van der Waals surface area contributed by atoms with Gasteiger partial charge in [0, 0.05) is 13.6 Å². The highest BCUT2D eigenvalue weighted by molar-refractivity contribution is 5.79. The van der Waals surface area contributed by atoms with Gasteiger partial charge in [-0.2, -0.15) is 0 Å². The maximum absolute atomic E-state index is 5.98. The molecule has 23 heavy (non-hydrogen) atoms. The molecule has 4 heteroatoms. The van der Waals surface area contributed by atoms with Crippen molar-refractivity contribution in [2.24, 2.45) is 4.99 Å². The van der Waals surface area contributed by atoms with Gasteiger partial charge < -0.3 is 15.4 Å². The van der Waals surface area contributed by atoms with Crippen LogP contribution >= 0.6 is 0 Å². The highest BCUT2D eigenvalue weighted by Crippen LogP contribution is 2.11. The van der Waals surface area contributed by atoms with Crippen molar-refractivity contribution in [2.75, 3.05) is 13.6 Å². The smallest absolute Gasteiger partial charge is 0.191 e. The first-order chi connectivity index (χ1) is 11.3. The largest absolute Gasteiger partial charge is 0.489 e. The molecule has 2 aromatic carbocycles. The Kier molecular flexibility index (Phi) is 6.98. The molecule has 0 bridgehead atoms. The molecule has 2 N–H and O–H groups in total. The van der Waals surface area contributed by atoms with Gasteiger partial charge in [0.05, 0.1) is 6.54 Å². The Morgan fingerprint density at radius 2 is 1.65 bits per heavy atom. The standard InChI is InChI=1S/C19H25N3O/c1-3-17(23-18-12-8-5-9-13-18)15-22-19(20-2)21-14-16-10-6-4-7-11-16/h4-13,17H,3,14-15H2,1-2H3,(H2,20,21,22). The average Bonchev–Trinajstić information content (AvgIpc) is 2.62. The van der Waals surface area contributed by atoms with Crippen LogP contribution in [0.4, 0.5) is 0 Å². The summed E-state index contributed by atoms with van der Waals surface area (Å²) in [5.74, 6) is 1.68. The highest BCUT2D eigenvalue weighted by atomic mass is 16.5. The second-order valence-corrected chi connectivity index (χ2v) is 5.25. The molecule has 0 aromatic heterocycles. The number of hydrogen-bond donors (Lipinski definition) is 2. The van der Waals surface area contributed by atoms with E-state index in [9.17, 15) is 0 Å². The van der Waals surface area contributed by atoms with Crippen LogP contribution in [0.5, 0.6) is 5.75 Å². The van der Waals surface area contributed by atoms with Crippen LogP contribution in [0.15, 0.2) is 65.7 Å². The van der Waals surface area contributed by atoms with Gasteiger partial charge in [0.1, 0.15) is 11.9 Å². The van der Waals surface area contributed by atoms with Gasteiger partial charge in [0.15, 0.2) is 5.96 Å². The Morgan fingerprint density at radius 1 is 1.00 bits per heavy atom. The summed E-state index contributed by atoms with van der Waals surface area (Å²) in [6.07, 6.45) is 1.03. The minimum Gasteiger partial charge on any atom is -0.489 e. The topological polar surface area (TPSA) is 45.7 Å². The zero-order chi connectivity index (χ0) is 16.3. The number of hydrogen-bond acceptors (Lipinski definition) is 2.